The van der Waals surface area contributed by atoms with Gasteiger partial charge in [-0.3, -0.25) is 14.3 Å². The average Bonchev–Trinajstić information content (AvgIpc) is 2.68. The van der Waals surface area contributed by atoms with Crippen LogP contribution in [-0.2, 0) is 4.74 Å². The first-order chi connectivity index (χ1) is 9.36. The zero-order valence-electron chi connectivity index (χ0n) is 11.7. The van der Waals surface area contributed by atoms with E-state index in [1.54, 1.807) is 13.8 Å². The molecule has 6 nitrogen and oxygen atoms in total. The van der Waals surface area contributed by atoms with Crippen LogP contribution in [0.2, 0.25) is 0 Å². The number of halogens is 1. The number of hydrogen-bond donors (Lipinski definition) is 2. The first-order valence-corrected chi connectivity index (χ1v) is 6.21. The number of hydrogen-bond acceptors (Lipinski definition) is 4. The SMILES string of the molecule is C#C[C@]1(CC)O[C@@H](n2cc(F)c(=O)[nH]c2=O)C(O)C1C.[Ac]. The molecule has 2 heterocycles. The van der Waals surface area contributed by atoms with E-state index in [0.717, 1.165) is 4.57 Å². The molecular formula is C13H15AcFN2O4. The summed E-state index contributed by atoms with van der Waals surface area (Å²) in [5, 5.41) is 10.2. The van der Waals surface area contributed by atoms with Crippen molar-refractivity contribution in [2.24, 2.45) is 5.92 Å². The number of nitrogens with one attached hydrogen (secondary N) is 1. The molecule has 0 aromatic carbocycles. The van der Waals surface area contributed by atoms with Crippen LogP contribution in [0.15, 0.2) is 15.8 Å². The number of aliphatic hydroxyl groups is 1. The minimum Gasteiger partial charge on any atom is -0.388 e. The Kier molecular flexibility index (Phi) is 5.97. The Morgan fingerprint density at radius 2 is 2.24 bits per heavy atom. The van der Waals surface area contributed by atoms with Crippen LogP contribution in [0.3, 0.4) is 0 Å². The monoisotopic (exact) mass is 509 g/mol. The summed E-state index contributed by atoms with van der Waals surface area (Å²) in [4.78, 5) is 24.5. The number of terminal acetylenes is 1. The molecule has 4 atom stereocenters. The second-order valence-electron chi connectivity index (χ2n) is 4.82. The van der Waals surface area contributed by atoms with Crippen molar-refractivity contribution in [1.29, 1.82) is 0 Å². The predicted molar refractivity (Wildman–Crippen MR) is 68.4 cm³/mol. The maximum atomic E-state index is 13.3. The van der Waals surface area contributed by atoms with Gasteiger partial charge in [-0.2, -0.15) is 4.39 Å². The van der Waals surface area contributed by atoms with Gasteiger partial charge in [-0.1, -0.05) is 19.8 Å². The number of aromatic nitrogens is 2. The molecule has 1 saturated heterocycles. The first-order valence-electron chi connectivity index (χ1n) is 6.21. The van der Waals surface area contributed by atoms with Gasteiger partial charge < -0.3 is 9.84 Å². The molecule has 0 bridgehead atoms. The molecule has 8 heteroatoms. The summed E-state index contributed by atoms with van der Waals surface area (Å²) in [6.07, 6.45) is 4.37. The molecule has 21 heavy (non-hydrogen) atoms. The minimum atomic E-state index is -1.14. The number of aliphatic hydroxyl groups excluding tert-OH is 1. The van der Waals surface area contributed by atoms with Crippen molar-refractivity contribution in [1.82, 2.24) is 9.55 Å². The van der Waals surface area contributed by atoms with Crippen LogP contribution < -0.4 is 11.2 Å². The van der Waals surface area contributed by atoms with Crippen molar-refractivity contribution >= 4 is 0 Å². The topological polar surface area (TPSA) is 84.3 Å². The fraction of sp³-hybridized carbons (Fsp3) is 0.538. The molecule has 1 aromatic rings. The van der Waals surface area contributed by atoms with Gasteiger partial charge >= 0.3 is 5.69 Å². The van der Waals surface area contributed by atoms with Crippen molar-refractivity contribution in [2.75, 3.05) is 0 Å². The Balaban J connectivity index is 0.00000220. The van der Waals surface area contributed by atoms with E-state index in [-0.39, 0.29) is 44.1 Å². The third-order valence-electron chi connectivity index (χ3n) is 3.84. The Morgan fingerprint density at radius 3 is 2.71 bits per heavy atom. The summed E-state index contributed by atoms with van der Waals surface area (Å²) in [5.41, 5.74) is -3.02. The summed E-state index contributed by atoms with van der Waals surface area (Å²) in [7, 11) is 0. The normalized spacial score (nSPS) is 31.5. The average molecular weight is 509 g/mol. The van der Waals surface area contributed by atoms with Crippen LogP contribution in [0.1, 0.15) is 26.5 Å². The quantitative estimate of drug-likeness (QED) is 0.550. The fourth-order valence-corrected chi connectivity index (χ4v) is 2.46. The van der Waals surface area contributed by atoms with Gasteiger partial charge in [0.25, 0.3) is 5.56 Å². The van der Waals surface area contributed by atoms with Crippen LogP contribution in [-0.4, -0.2) is 26.4 Å². The molecule has 0 aliphatic carbocycles. The number of rotatable bonds is 2. The third-order valence-corrected chi connectivity index (χ3v) is 3.84. The van der Waals surface area contributed by atoms with Gasteiger partial charge in [0.05, 0.1) is 6.20 Å². The first kappa shape index (κ1) is 18.6. The maximum Gasteiger partial charge on any atom is 0.330 e. The van der Waals surface area contributed by atoms with E-state index >= 15 is 0 Å². The molecule has 1 radical (unpaired) electrons. The van der Waals surface area contributed by atoms with Gasteiger partial charge in [-0.05, 0) is 6.42 Å². The van der Waals surface area contributed by atoms with Crippen molar-refractivity contribution < 1.29 is 58.3 Å². The van der Waals surface area contributed by atoms with E-state index in [1.165, 1.54) is 0 Å². The van der Waals surface area contributed by atoms with E-state index in [4.69, 9.17) is 11.2 Å². The Morgan fingerprint density at radius 1 is 1.62 bits per heavy atom. The van der Waals surface area contributed by atoms with Crippen LogP contribution in [0.25, 0.3) is 0 Å². The summed E-state index contributed by atoms with van der Waals surface area (Å²) in [6, 6.07) is 0. The van der Waals surface area contributed by atoms with E-state index in [9.17, 15) is 19.1 Å². The molecule has 1 aliphatic heterocycles. The summed E-state index contributed by atoms with van der Waals surface area (Å²) in [5.74, 6) is 0.912. The van der Waals surface area contributed by atoms with Crippen molar-refractivity contribution in [2.45, 2.75) is 38.2 Å². The van der Waals surface area contributed by atoms with Crippen molar-refractivity contribution in [3.8, 4) is 12.3 Å². The molecule has 2 rings (SSSR count). The smallest absolute Gasteiger partial charge is 0.330 e. The minimum absolute atomic E-state index is 0. The molecule has 1 aromatic heterocycles. The van der Waals surface area contributed by atoms with Gasteiger partial charge in [0, 0.05) is 50.0 Å². The number of H-pyrrole nitrogens is 1. The van der Waals surface area contributed by atoms with Crippen LogP contribution in [0, 0.1) is 68.1 Å². The van der Waals surface area contributed by atoms with Gasteiger partial charge in [0.1, 0.15) is 11.7 Å². The van der Waals surface area contributed by atoms with Crippen LogP contribution in [0.5, 0.6) is 0 Å². The summed E-state index contributed by atoms with van der Waals surface area (Å²) in [6.45, 7) is 3.49. The molecule has 1 aliphatic rings. The van der Waals surface area contributed by atoms with E-state index in [2.05, 4.69) is 5.92 Å². The number of nitrogens with zero attached hydrogens (tertiary/aromatic N) is 1. The summed E-state index contributed by atoms with van der Waals surface area (Å²) >= 11 is 0. The van der Waals surface area contributed by atoms with Crippen LogP contribution in [0.4, 0.5) is 4.39 Å². The zero-order chi connectivity index (χ0) is 15.1. The summed E-state index contributed by atoms with van der Waals surface area (Å²) < 4.78 is 19.7. The van der Waals surface area contributed by atoms with E-state index in [0.29, 0.717) is 12.6 Å². The molecule has 0 saturated carbocycles. The van der Waals surface area contributed by atoms with Gasteiger partial charge in [0.15, 0.2) is 6.23 Å². The zero-order valence-corrected chi connectivity index (χ0v) is 16.4. The van der Waals surface area contributed by atoms with Crippen LogP contribution >= 0.6 is 0 Å². The second kappa shape index (κ2) is 6.75. The number of aromatic amines is 1. The molecule has 2 unspecified atom stereocenters. The Labute approximate surface area is 156 Å². The fourth-order valence-electron chi connectivity index (χ4n) is 2.46. The molecule has 1 fully saturated rings. The molecule has 111 valence electrons. The molecule has 0 spiro atoms. The Bertz CT molecular complexity index is 680. The standard InChI is InChI=1S/C13H15FN2O4.Ac/c1-4-13(5-2)7(3)9(17)11(20-13)16-6-8(14)10(18)15-12(16)19;/h1,6-7,9,11,17H,5H2,2-3H3,(H,15,18,19);/t7?,9?,11-,13-;/m1./s1. The largest absolute Gasteiger partial charge is 0.388 e. The van der Waals surface area contributed by atoms with Gasteiger partial charge in [-0.15, -0.1) is 6.42 Å². The second-order valence-corrected chi connectivity index (χ2v) is 4.82. The van der Waals surface area contributed by atoms with E-state index in [1.807, 2.05) is 4.98 Å². The maximum absolute atomic E-state index is 13.3. The molecule has 2 N–H and O–H groups in total. The van der Waals surface area contributed by atoms with Gasteiger partial charge in [-0.25, -0.2) is 4.79 Å². The Hall–Kier alpha value is -0.468. The van der Waals surface area contributed by atoms with E-state index < -0.39 is 40.9 Å². The molecule has 0 amide bonds. The van der Waals surface area contributed by atoms with Gasteiger partial charge in [0.2, 0.25) is 5.82 Å². The third kappa shape index (κ3) is 3.03. The van der Waals surface area contributed by atoms with Crippen molar-refractivity contribution in [3.63, 3.8) is 0 Å². The molecular weight excluding hydrogens is 494 g/mol. The number of ether oxygens (including phenoxy) is 1. The van der Waals surface area contributed by atoms with Crippen molar-refractivity contribution in [3.05, 3.63) is 32.9 Å². The predicted octanol–water partition coefficient (Wildman–Crippen LogP) is -0.0165.